The molecule has 1 saturated heterocycles. The maximum atomic E-state index is 12.1. The highest BCUT2D eigenvalue weighted by atomic mass is 16.5. The minimum Gasteiger partial charge on any atom is -0.378 e. The third-order valence-electron chi connectivity index (χ3n) is 3.88. The highest BCUT2D eigenvalue weighted by Gasteiger charge is 2.17. The monoisotopic (exact) mass is 357 g/mol. The largest absolute Gasteiger partial charge is 0.378 e. The van der Waals surface area contributed by atoms with Gasteiger partial charge in [-0.2, -0.15) is 15.0 Å². The van der Waals surface area contributed by atoms with Crippen molar-refractivity contribution in [1.82, 2.24) is 25.3 Å². The van der Waals surface area contributed by atoms with Gasteiger partial charge in [-0.1, -0.05) is 6.07 Å². The van der Waals surface area contributed by atoms with E-state index in [1.165, 1.54) is 0 Å². The number of rotatable bonds is 6. The zero-order valence-electron chi connectivity index (χ0n) is 15.1. The molecule has 0 bridgehead atoms. The molecule has 0 atom stereocenters. The molecular weight excluding hydrogens is 334 g/mol. The molecule has 0 unspecified atom stereocenters. The summed E-state index contributed by atoms with van der Waals surface area (Å²) in [6.07, 6.45) is 3.64. The zero-order chi connectivity index (χ0) is 18.4. The maximum absolute atomic E-state index is 12.1. The van der Waals surface area contributed by atoms with Gasteiger partial charge in [-0.15, -0.1) is 0 Å². The Labute approximate surface area is 152 Å². The lowest BCUT2D eigenvalue weighted by molar-refractivity contribution is -0.120. The maximum Gasteiger partial charge on any atom is 0.230 e. The lowest BCUT2D eigenvalue weighted by Crippen LogP contribution is -2.38. The van der Waals surface area contributed by atoms with Gasteiger partial charge in [0.25, 0.3) is 0 Å². The van der Waals surface area contributed by atoms with Crippen molar-refractivity contribution in [1.29, 1.82) is 0 Å². The van der Waals surface area contributed by atoms with Crippen LogP contribution in [0.4, 0.5) is 11.9 Å². The quantitative estimate of drug-likeness (QED) is 0.773. The van der Waals surface area contributed by atoms with Crippen LogP contribution in [-0.2, 0) is 22.5 Å². The first-order valence-electron chi connectivity index (χ1n) is 8.52. The van der Waals surface area contributed by atoms with E-state index in [0.717, 1.165) is 18.7 Å². The number of aromatic nitrogens is 4. The van der Waals surface area contributed by atoms with Crippen molar-refractivity contribution in [3.63, 3.8) is 0 Å². The van der Waals surface area contributed by atoms with Crippen molar-refractivity contribution in [2.45, 2.75) is 13.0 Å². The van der Waals surface area contributed by atoms with Crippen LogP contribution in [0.2, 0.25) is 0 Å². The molecule has 9 nitrogen and oxygen atoms in total. The molecule has 9 heteroatoms. The van der Waals surface area contributed by atoms with Crippen molar-refractivity contribution >= 4 is 17.8 Å². The second-order valence-electron chi connectivity index (χ2n) is 6.16. The molecule has 0 radical (unpaired) electrons. The molecule has 0 aromatic carbocycles. The number of amides is 1. The van der Waals surface area contributed by atoms with Crippen LogP contribution in [0.1, 0.15) is 11.4 Å². The normalized spacial score (nSPS) is 14.2. The van der Waals surface area contributed by atoms with Crippen LogP contribution in [-0.4, -0.2) is 66.2 Å². The third-order valence-corrected chi connectivity index (χ3v) is 3.88. The number of nitrogens with one attached hydrogen (secondary N) is 1. The summed E-state index contributed by atoms with van der Waals surface area (Å²) in [5.41, 5.74) is 0.864. The van der Waals surface area contributed by atoms with E-state index in [1.54, 1.807) is 12.4 Å². The van der Waals surface area contributed by atoms with E-state index in [2.05, 4.69) is 30.2 Å². The molecular formula is C17H23N7O2. The minimum atomic E-state index is -0.0993. The lowest BCUT2D eigenvalue weighted by atomic mass is 10.2. The Hall–Kier alpha value is -2.81. The molecule has 2 aromatic heterocycles. The van der Waals surface area contributed by atoms with Gasteiger partial charge in [0.15, 0.2) is 5.82 Å². The first-order chi connectivity index (χ1) is 12.6. The Morgan fingerprint density at radius 3 is 2.77 bits per heavy atom. The standard InChI is InChI=1S/C17H23N7O2/c1-23(2)16-20-14(21-17(22-16)24-6-8-26-9-7-24)12-19-15(25)10-13-4-3-5-18-11-13/h3-5,11H,6-10,12H2,1-2H3,(H,19,25). The average molecular weight is 357 g/mol. The summed E-state index contributed by atoms with van der Waals surface area (Å²) in [5.74, 6) is 1.61. The molecule has 0 spiro atoms. The van der Waals surface area contributed by atoms with Gasteiger partial charge in [0.05, 0.1) is 26.2 Å². The van der Waals surface area contributed by atoms with Gasteiger partial charge in [-0.05, 0) is 11.6 Å². The van der Waals surface area contributed by atoms with Crippen molar-refractivity contribution in [2.75, 3.05) is 50.2 Å². The summed E-state index contributed by atoms with van der Waals surface area (Å²) in [6.45, 7) is 3.04. The Bertz CT molecular complexity index is 733. The van der Waals surface area contributed by atoms with E-state index in [1.807, 2.05) is 31.1 Å². The highest BCUT2D eigenvalue weighted by molar-refractivity contribution is 5.78. The highest BCUT2D eigenvalue weighted by Crippen LogP contribution is 2.14. The fraction of sp³-hybridized carbons (Fsp3) is 0.471. The van der Waals surface area contributed by atoms with Crippen LogP contribution in [0.15, 0.2) is 24.5 Å². The van der Waals surface area contributed by atoms with Crippen molar-refractivity contribution in [2.24, 2.45) is 0 Å². The first kappa shape index (κ1) is 18.0. The molecule has 1 aliphatic heterocycles. The predicted molar refractivity (Wildman–Crippen MR) is 97.0 cm³/mol. The van der Waals surface area contributed by atoms with Gasteiger partial charge < -0.3 is 19.9 Å². The summed E-state index contributed by atoms with van der Waals surface area (Å²) in [4.78, 5) is 33.5. The van der Waals surface area contributed by atoms with Crippen molar-refractivity contribution < 1.29 is 9.53 Å². The summed E-state index contributed by atoms with van der Waals surface area (Å²) >= 11 is 0. The van der Waals surface area contributed by atoms with E-state index in [-0.39, 0.29) is 18.9 Å². The summed E-state index contributed by atoms with van der Waals surface area (Å²) in [5, 5.41) is 2.86. The molecule has 3 rings (SSSR count). The summed E-state index contributed by atoms with van der Waals surface area (Å²) in [7, 11) is 3.76. The minimum absolute atomic E-state index is 0.0993. The summed E-state index contributed by atoms with van der Waals surface area (Å²) in [6, 6.07) is 3.68. The average Bonchev–Trinajstić information content (AvgIpc) is 2.67. The van der Waals surface area contributed by atoms with Gasteiger partial charge >= 0.3 is 0 Å². The van der Waals surface area contributed by atoms with Crippen molar-refractivity contribution in [3.8, 4) is 0 Å². The van der Waals surface area contributed by atoms with Crippen LogP contribution in [0.25, 0.3) is 0 Å². The second kappa shape index (κ2) is 8.52. The zero-order valence-corrected chi connectivity index (χ0v) is 15.1. The summed E-state index contributed by atoms with van der Waals surface area (Å²) < 4.78 is 5.38. The first-order valence-corrected chi connectivity index (χ1v) is 8.52. The fourth-order valence-electron chi connectivity index (χ4n) is 2.51. The number of carbonyl (C=O) groups is 1. The van der Waals surface area contributed by atoms with Crippen LogP contribution in [0.5, 0.6) is 0 Å². The topological polar surface area (TPSA) is 96.4 Å². The predicted octanol–water partition coefficient (Wildman–Crippen LogP) is 0.0281. The van der Waals surface area contributed by atoms with Crippen LogP contribution in [0.3, 0.4) is 0 Å². The molecule has 0 aliphatic carbocycles. The molecule has 1 amide bonds. The van der Waals surface area contributed by atoms with E-state index in [4.69, 9.17) is 4.74 Å². The van der Waals surface area contributed by atoms with Gasteiger partial charge in [-0.25, -0.2) is 0 Å². The van der Waals surface area contributed by atoms with Gasteiger partial charge in [-0.3, -0.25) is 9.78 Å². The number of nitrogens with zero attached hydrogens (tertiary/aromatic N) is 6. The number of anilines is 2. The molecule has 138 valence electrons. The second-order valence-corrected chi connectivity index (χ2v) is 6.16. The molecule has 3 heterocycles. The molecule has 2 aromatic rings. The van der Waals surface area contributed by atoms with Gasteiger partial charge in [0.1, 0.15) is 0 Å². The van der Waals surface area contributed by atoms with E-state index in [0.29, 0.717) is 30.9 Å². The SMILES string of the molecule is CN(C)c1nc(CNC(=O)Cc2cccnc2)nc(N2CCOCC2)n1. The fourth-order valence-corrected chi connectivity index (χ4v) is 2.51. The van der Waals surface area contributed by atoms with E-state index in [9.17, 15) is 4.79 Å². The van der Waals surface area contributed by atoms with E-state index >= 15 is 0 Å². The van der Waals surface area contributed by atoms with Crippen LogP contribution >= 0.6 is 0 Å². The van der Waals surface area contributed by atoms with Crippen molar-refractivity contribution in [3.05, 3.63) is 35.9 Å². The number of pyridine rings is 1. The molecule has 1 aliphatic rings. The molecule has 1 fully saturated rings. The Balaban J connectivity index is 1.67. The number of hydrogen-bond donors (Lipinski definition) is 1. The van der Waals surface area contributed by atoms with Gasteiger partial charge in [0, 0.05) is 39.6 Å². The third kappa shape index (κ3) is 4.85. The molecule has 26 heavy (non-hydrogen) atoms. The number of hydrogen-bond acceptors (Lipinski definition) is 8. The smallest absolute Gasteiger partial charge is 0.230 e. The Kier molecular flexibility index (Phi) is 5.90. The number of ether oxygens (including phenoxy) is 1. The Morgan fingerprint density at radius 1 is 1.27 bits per heavy atom. The van der Waals surface area contributed by atoms with Crippen LogP contribution < -0.4 is 15.1 Å². The number of morpholine rings is 1. The van der Waals surface area contributed by atoms with E-state index < -0.39 is 0 Å². The molecule has 1 N–H and O–H groups in total. The Morgan fingerprint density at radius 2 is 2.08 bits per heavy atom. The number of carbonyl (C=O) groups excluding carboxylic acids is 1. The van der Waals surface area contributed by atoms with Crippen LogP contribution in [0, 0.1) is 0 Å². The lowest BCUT2D eigenvalue weighted by Gasteiger charge is -2.27. The van der Waals surface area contributed by atoms with Gasteiger partial charge in [0.2, 0.25) is 17.8 Å². The molecule has 0 saturated carbocycles.